The first-order valence-corrected chi connectivity index (χ1v) is 6.65. The number of hydrogen-bond donors (Lipinski definition) is 1. The number of aromatic nitrogens is 2. The third-order valence-corrected chi connectivity index (χ3v) is 3.55. The van der Waals surface area contributed by atoms with Gasteiger partial charge in [0.15, 0.2) is 0 Å². The van der Waals surface area contributed by atoms with E-state index in [1.165, 1.54) is 4.90 Å². The van der Waals surface area contributed by atoms with Gasteiger partial charge in [0.1, 0.15) is 23.9 Å². The molecule has 2 aromatic rings. The first-order chi connectivity index (χ1) is 10.0. The average molecular weight is 289 g/mol. The zero-order chi connectivity index (χ0) is 15.0. The molecule has 110 valence electrons. The van der Waals surface area contributed by atoms with E-state index in [1.807, 2.05) is 19.1 Å². The van der Waals surface area contributed by atoms with Crippen LogP contribution in [0.3, 0.4) is 0 Å². The van der Waals surface area contributed by atoms with Crippen molar-refractivity contribution in [2.24, 2.45) is 5.92 Å². The summed E-state index contributed by atoms with van der Waals surface area (Å²) in [4.78, 5) is 24.5. The van der Waals surface area contributed by atoms with E-state index in [0.717, 1.165) is 11.5 Å². The van der Waals surface area contributed by atoms with Crippen molar-refractivity contribution in [3.63, 3.8) is 0 Å². The van der Waals surface area contributed by atoms with Gasteiger partial charge >= 0.3 is 5.97 Å². The smallest absolute Gasteiger partial charge is 0.308 e. The maximum atomic E-state index is 12.0. The summed E-state index contributed by atoms with van der Waals surface area (Å²) in [6, 6.07) is 5.42. The number of aliphatic carboxylic acids is 1. The van der Waals surface area contributed by atoms with Crippen LogP contribution in [-0.2, 0) is 16.1 Å². The Bertz CT molecular complexity index is 688. The number of carboxylic acids is 1. The van der Waals surface area contributed by atoms with Crippen molar-refractivity contribution in [2.75, 3.05) is 11.4 Å². The Labute approximate surface area is 120 Å². The van der Waals surface area contributed by atoms with E-state index in [9.17, 15) is 9.59 Å². The van der Waals surface area contributed by atoms with Gasteiger partial charge in [-0.3, -0.25) is 14.5 Å². The molecule has 3 heterocycles. The van der Waals surface area contributed by atoms with Gasteiger partial charge < -0.3 is 9.52 Å². The van der Waals surface area contributed by atoms with E-state index in [-0.39, 0.29) is 18.9 Å². The summed E-state index contributed by atoms with van der Waals surface area (Å²) in [5, 5.41) is 13.2. The summed E-state index contributed by atoms with van der Waals surface area (Å²) in [6.07, 6.45) is 1.62. The van der Waals surface area contributed by atoms with Crippen LogP contribution in [-0.4, -0.2) is 33.3 Å². The summed E-state index contributed by atoms with van der Waals surface area (Å²) in [7, 11) is 0. The number of rotatable bonds is 4. The van der Waals surface area contributed by atoms with Gasteiger partial charge in [0.25, 0.3) is 0 Å². The molecule has 1 unspecified atom stereocenters. The molecule has 0 aromatic carbocycles. The molecular weight excluding hydrogens is 274 g/mol. The Kier molecular flexibility index (Phi) is 3.25. The lowest BCUT2D eigenvalue weighted by Gasteiger charge is -2.17. The number of nitrogens with zero attached hydrogens (tertiary/aromatic N) is 3. The number of anilines is 1. The standard InChI is InChI=1S/C14H15N3O4/c1-9-2-3-11(21-9)8-17-12(4-5-15-17)16-7-10(14(19)20)6-13(16)18/h2-5,10H,6-8H2,1H3,(H,19,20). The number of aryl methyl sites for hydroxylation is 1. The summed E-state index contributed by atoms with van der Waals surface area (Å²) >= 11 is 0. The molecule has 0 aliphatic carbocycles. The molecule has 1 saturated heterocycles. The maximum Gasteiger partial charge on any atom is 0.308 e. The Hall–Kier alpha value is -2.57. The van der Waals surface area contributed by atoms with Crippen molar-refractivity contribution in [1.29, 1.82) is 0 Å². The summed E-state index contributed by atoms with van der Waals surface area (Å²) in [6.45, 7) is 2.43. The predicted octanol–water partition coefficient (Wildman–Crippen LogP) is 1.27. The third kappa shape index (κ3) is 2.54. The van der Waals surface area contributed by atoms with Gasteiger partial charge in [-0.15, -0.1) is 0 Å². The van der Waals surface area contributed by atoms with Crippen LogP contribution in [0.25, 0.3) is 0 Å². The van der Waals surface area contributed by atoms with Crippen molar-refractivity contribution in [3.8, 4) is 0 Å². The highest BCUT2D eigenvalue weighted by Gasteiger charge is 2.36. The number of amides is 1. The second kappa shape index (κ2) is 5.08. The van der Waals surface area contributed by atoms with Crippen LogP contribution in [0.4, 0.5) is 5.82 Å². The molecule has 0 bridgehead atoms. The lowest BCUT2D eigenvalue weighted by atomic mass is 10.1. The number of carboxylic acid groups (broad SMARTS) is 1. The highest BCUT2D eigenvalue weighted by Crippen LogP contribution is 2.25. The van der Waals surface area contributed by atoms with Crippen LogP contribution >= 0.6 is 0 Å². The van der Waals surface area contributed by atoms with Crippen molar-refractivity contribution in [1.82, 2.24) is 9.78 Å². The number of carbonyl (C=O) groups excluding carboxylic acids is 1. The van der Waals surface area contributed by atoms with Gasteiger partial charge in [-0.05, 0) is 19.1 Å². The van der Waals surface area contributed by atoms with Crippen molar-refractivity contribution in [3.05, 3.63) is 35.9 Å². The van der Waals surface area contributed by atoms with E-state index < -0.39 is 11.9 Å². The van der Waals surface area contributed by atoms with Crippen LogP contribution in [0.2, 0.25) is 0 Å². The van der Waals surface area contributed by atoms with Crippen molar-refractivity contribution >= 4 is 17.7 Å². The Balaban J connectivity index is 1.82. The van der Waals surface area contributed by atoms with Crippen LogP contribution in [0.15, 0.2) is 28.8 Å². The Morgan fingerprint density at radius 3 is 2.90 bits per heavy atom. The monoisotopic (exact) mass is 289 g/mol. The quantitative estimate of drug-likeness (QED) is 0.915. The van der Waals surface area contributed by atoms with Crippen LogP contribution in [0.5, 0.6) is 0 Å². The number of hydrogen-bond acceptors (Lipinski definition) is 4. The van der Waals surface area contributed by atoms with Gasteiger partial charge in [0.2, 0.25) is 5.91 Å². The second-order valence-corrected chi connectivity index (χ2v) is 5.10. The SMILES string of the molecule is Cc1ccc(Cn2nccc2N2CC(C(=O)O)CC2=O)o1. The Morgan fingerprint density at radius 1 is 1.48 bits per heavy atom. The molecule has 1 fully saturated rings. The molecule has 2 aromatic heterocycles. The molecule has 1 N–H and O–H groups in total. The minimum Gasteiger partial charge on any atom is -0.481 e. The zero-order valence-corrected chi connectivity index (χ0v) is 11.5. The van der Waals surface area contributed by atoms with Crippen LogP contribution in [0.1, 0.15) is 17.9 Å². The molecule has 1 amide bonds. The largest absolute Gasteiger partial charge is 0.481 e. The summed E-state index contributed by atoms with van der Waals surface area (Å²) < 4.78 is 7.14. The minimum atomic E-state index is -0.946. The lowest BCUT2D eigenvalue weighted by molar-refractivity contribution is -0.141. The van der Waals surface area contributed by atoms with Crippen LogP contribution in [0, 0.1) is 12.8 Å². The molecule has 0 spiro atoms. The molecule has 1 atom stereocenters. The van der Waals surface area contributed by atoms with E-state index in [0.29, 0.717) is 12.4 Å². The van der Waals surface area contributed by atoms with Gasteiger partial charge in [-0.2, -0.15) is 5.10 Å². The highest BCUT2D eigenvalue weighted by molar-refractivity contribution is 5.98. The third-order valence-electron chi connectivity index (χ3n) is 3.55. The molecule has 1 aliphatic rings. The van der Waals surface area contributed by atoms with E-state index in [2.05, 4.69) is 5.10 Å². The van der Waals surface area contributed by atoms with E-state index in [1.54, 1.807) is 16.9 Å². The van der Waals surface area contributed by atoms with Gasteiger partial charge in [0, 0.05) is 19.0 Å². The highest BCUT2D eigenvalue weighted by atomic mass is 16.4. The zero-order valence-electron chi connectivity index (χ0n) is 11.5. The lowest BCUT2D eigenvalue weighted by Crippen LogP contribution is -2.28. The Morgan fingerprint density at radius 2 is 2.29 bits per heavy atom. The molecule has 21 heavy (non-hydrogen) atoms. The fourth-order valence-corrected chi connectivity index (χ4v) is 2.49. The average Bonchev–Trinajstić information content (AvgIpc) is 3.11. The fourth-order valence-electron chi connectivity index (χ4n) is 2.49. The molecule has 3 rings (SSSR count). The predicted molar refractivity (Wildman–Crippen MR) is 72.9 cm³/mol. The minimum absolute atomic E-state index is 0.0281. The molecule has 7 heteroatoms. The first kappa shape index (κ1) is 13.4. The molecule has 0 radical (unpaired) electrons. The first-order valence-electron chi connectivity index (χ1n) is 6.65. The van der Waals surface area contributed by atoms with Gasteiger partial charge in [-0.25, -0.2) is 4.68 Å². The molecule has 0 saturated carbocycles. The normalized spacial score (nSPS) is 18.4. The topological polar surface area (TPSA) is 88.6 Å². The van der Waals surface area contributed by atoms with E-state index in [4.69, 9.17) is 9.52 Å². The summed E-state index contributed by atoms with van der Waals surface area (Å²) in [5.74, 6) is 0.337. The maximum absolute atomic E-state index is 12.0. The van der Waals surface area contributed by atoms with Gasteiger partial charge in [-0.1, -0.05) is 0 Å². The molecular formula is C14H15N3O4. The number of carbonyl (C=O) groups is 2. The molecule has 1 aliphatic heterocycles. The van der Waals surface area contributed by atoms with Crippen molar-refractivity contribution in [2.45, 2.75) is 19.9 Å². The summed E-state index contributed by atoms with van der Waals surface area (Å²) in [5.41, 5.74) is 0. The molecule has 7 nitrogen and oxygen atoms in total. The van der Waals surface area contributed by atoms with Crippen molar-refractivity contribution < 1.29 is 19.1 Å². The van der Waals surface area contributed by atoms with E-state index >= 15 is 0 Å². The van der Waals surface area contributed by atoms with Gasteiger partial charge in [0.05, 0.1) is 12.1 Å². The number of furan rings is 1. The van der Waals surface area contributed by atoms with Crippen LogP contribution < -0.4 is 4.90 Å². The fraction of sp³-hybridized carbons (Fsp3) is 0.357. The second-order valence-electron chi connectivity index (χ2n) is 5.10.